The summed E-state index contributed by atoms with van der Waals surface area (Å²) in [5.74, 6) is 0. The molecule has 0 amide bonds. The summed E-state index contributed by atoms with van der Waals surface area (Å²) in [6, 6.07) is 5.94. The quantitative estimate of drug-likeness (QED) is 0.698. The van der Waals surface area contributed by atoms with Crippen molar-refractivity contribution in [2.45, 2.75) is 70.9 Å². The Hall–Kier alpha value is -1.22. The number of thiocarbonyl (C=S) groups is 1. The van der Waals surface area contributed by atoms with E-state index in [-0.39, 0.29) is 4.90 Å². The average Bonchev–Trinajstić information content (AvgIpc) is 2.61. The fourth-order valence-corrected chi connectivity index (χ4v) is 5.22. The molecule has 1 saturated heterocycles. The van der Waals surface area contributed by atoms with E-state index in [0.717, 1.165) is 18.4 Å². The van der Waals surface area contributed by atoms with Gasteiger partial charge in [-0.3, -0.25) is 5.43 Å². The maximum atomic E-state index is 12.8. The first-order valence-electron chi connectivity index (χ1n) is 9.67. The first kappa shape index (κ1) is 22.1. The molecule has 1 fully saturated rings. The molecule has 0 aliphatic carbocycles. The lowest BCUT2D eigenvalue weighted by molar-refractivity contribution is 0.0750. The summed E-state index contributed by atoms with van der Waals surface area (Å²) < 4.78 is 27.0. The molecule has 2 rings (SSSR count). The van der Waals surface area contributed by atoms with Crippen molar-refractivity contribution < 1.29 is 8.42 Å². The number of benzene rings is 1. The number of nitrogens with one attached hydrogen (secondary N) is 2. The second kappa shape index (κ2) is 9.32. The van der Waals surface area contributed by atoms with Gasteiger partial charge in [0.2, 0.25) is 10.0 Å². The molecule has 1 aliphatic rings. The van der Waals surface area contributed by atoms with E-state index >= 15 is 0 Å². The Balaban J connectivity index is 2.18. The van der Waals surface area contributed by atoms with Gasteiger partial charge in [0.1, 0.15) is 0 Å². The Morgan fingerprint density at radius 1 is 1.22 bits per heavy atom. The highest BCUT2D eigenvalue weighted by Gasteiger charge is 2.26. The van der Waals surface area contributed by atoms with Crippen LogP contribution in [0.5, 0.6) is 0 Å². The number of anilines is 1. The highest BCUT2D eigenvalue weighted by atomic mass is 32.2. The summed E-state index contributed by atoms with van der Waals surface area (Å²) in [7, 11) is -3.50. The molecule has 0 saturated carbocycles. The predicted molar refractivity (Wildman–Crippen MR) is 115 cm³/mol. The first-order valence-corrected chi connectivity index (χ1v) is 11.5. The van der Waals surface area contributed by atoms with Crippen molar-refractivity contribution in [1.82, 2.24) is 14.7 Å². The highest BCUT2D eigenvalue weighted by molar-refractivity contribution is 7.89. The Labute approximate surface area is 169 Å². The van der Waals surface area contributed by atoms with Crippen LogP contribution < -0.4 is 10.7 Å². The molecule has 0 radical (unpaired) electrons. The van der Waals surface area contributed by atoms with E-state index in [1.165, 1.54) is 10.7 Å². The van der Waals surface area contributed by atoms with Gasteiger partial charge in [-0.05, 0) is 63.5 Å². The van der Waals surface area contributed by atoms with Gasteiger partial charge in [0, 0.05) is 30.9 Å². The van der Waals surface area contributed by atoms with Gasteiger partial charge in [-0.25, -0.2) is 13.4 Å². The Kier molecular flexibility index (Phi) is 7.62. The molecule has 8 heteroatoms. The van der Waals surface area contributed by atoms with Crippen molar-refractivity contribution >= 4 is 33.0 Å². The monoisotopic (exact) mass is 412 g/mol. The number of hydrazine groups is 1. The summed E-state index contributed by atoms with van der Waals surface area (Å²) in [6.45, 7) is 10.9. The van der Waals surface area contributed by atoms with Gasteiger partial charge in [0.25, 0.3) is 0 Å². The van der Waals surface area contributed by atoms with Gasteiger partial charge >= 0.3 is 0 Å². The third-order valence-electron chi connectivity index (χ3n) is 5.22. The molecule has 0 bridgehead atoms. The minimum Gasteiger partial charge on any atom is -0.331 e. The van der Waals surface area contributed by atoms with Crippen LogP contribution in [-0.2, 0) is 10.0 Å². The molecule has 152 valence electrons. The SMILES string of the molecule is CCN(CC)S(=O)(=O)c1ccc(C)c(NC(=S)NN2[C@@H](C)CCC[C@@H]2C)c1. The van der Waals surface area contributed by atoms with Crippen molar-refractivity contribution in [2.24, 2.45) is 0 Å². The zero-order valence-corrected chi connectivity index (χ0v) is 18.6. The van der Waals surface area contributed by atoms with Gasteiger partial charge < -0.3 is 5.32 Å². The third kappa shape index (κ3) is 5.19. The number of hydrogen-bond acceptors (Lipinski definition) is 4. The molecule has 27 heavy (non-hydrogen) atoms. The molecule has 0 aromatic heterocycles. The van der Waals surface area contributed by atoms with Crippen LogP contribution in [0.1, 0.15) is 52.5 Å². The number of hydrogen-bond donors (Lipinski definition) is 2. The summed E-state index contributed by atoms with van der Waals surface area (Å²) in [5.41, 5.74) is 4.94. The fraction of sp³-hybridized carbons (Fsp3) is 0.632. The number of nitrogens with zero attached hydrogens (tertiary/aromatic N) is 2. The maximum Gasteiger partial charge on any atom is 0.243 e. The van der Waals surface area contributed by atoms with Crippen molar-refractivity contribution in [2.75, 3.05) is 18.4 Å². The van der Waals surface area contributed by atoms with Crippen molar-refractivity contribution in [3.05, 3.63) is 23.8 Å². The molecular formula is C19H32N4O2S2. The molecular weight excluding hydrogens is 380 g/mol. The molecule has 6 nitrogen and oxygen atoms in total. The van der Waals surface area contributed by atoms with Crippen LogP contribution in [0.4, 0.5) is 5.69 Å². The Bertz CT molecular complexity index is 753. The summed E-state index contributed by atoms with van der Waals surface area (Å²) >= 11 is 5.49. The largest absolute Gasteiger partial charge is 0.331 e. The summed E-state index contributed by atoms with van der Waals surface area (Å²) in [4.78, 5) is 0.279. The van der Waals surface area contributed by atoms with E-state index in [1.54, 1.807) is 12.1 Å². The highest BCUT2D eigenvalue weighted by Crippen LogP contribution is 2.24. The first-order chi connectivity index (χ1) is 12.7. The van der Waals surface area contributed by atoms with Gasteiger partial charge in [-0.15, -0.1) is 0 Å². The zero-order chi connectivity index (χ0) is 20.2. The third-order valence-corrected chi connectivity index (χ3v) is 7.46. The van der Waals surface area contributed by atoms with Gasteiger partial charge in [0.05, 0.1) is 4.90 Å². The predicted octanol–water partition coefficient (Wildman–Crippen LogP) is 3.49. The standard InChI is InChI=1S/C19H32N4O2S2/c1-6-22(7-2)27(24,25)17-12-11-14(3)18(13-17)20-19(26)21-23-15(4)9-8-10-16(23)5/h11-13,15-16H,6-10H2,1-5H3,(H2,20,21,26)/t15-,16-/m0/s1. The number of sulfonamides is 1. The summed E-state index contributed by atoms with van der Waals surface area (Å²) in [5, 5.41) is 5.85. The minimum absolute atomic E-state index is 0.279. The smallest absolute Gasteiger partial charge is 0.243 e. The van der Waals surface area contributed by atoms with Gasteiger partial charge in [0.15, 0.2) is 5.11 Å². The second-order valence-electron chi connectivity index (χ2n) is 7.17. The van der Waals surface area contributed by atoms with Crippen LogP contribution in [0.25, 0.3) is 0 Å². The minimum atomic E-state index is -3.50. The van der Waals surface area contributed by atoms with Crippen LogP contribution in [0.15, 0.2) is 23.1 Å². The average molecular weight is 413 g/mol. The molecule has 1 aromatic rings. The van der Waals surface area contributed by atoms with Gasteiger partial charge in [-0.2, -0.15) is 4.31 Å². The van der Waals surface area contributed by atoms with Crippen LogP contribution in [-0.4, -0.2) is 48.0 Å². The van der Waals surface area contributed by atoms with Gasteiger partial charge in [-0.1, -0.05) is 26.3 Å². The summed E-state index contributed by atoms with van der Waals surface area (Å²) in [6.07, 6.45) is 3.50. The van der Waals surface area contributed by atoms with Crippen LogP contribution in [0.2, 0.25) is 0 Å². The molecule has 1 aromatic carbocycles. The number of aryl methyl sites for hydroxylation is 1. The molecule has 2 atom stereocenters. The zero-order valence-electron chi connectivity index (χ0n) is 16.9. The van der Waals surface area contributed by atoms with E-state index in [9.17, 15) is 8.42 Å². The maximum absolute atomic E-state index is 12.8. The van der Waals surface area contributed by atoms with Crippen molar-refractivity contribution in [3.63, 3.8) is 0 Å². The van der Waals surface area contributed by atoms with Crippen molar-refractivity contribution in [1.29, 1.82) is 0 Å². The fourth-order valence-electron chi connectivity index (χ4n) is 3.52. The molecule has 2 N–H and O–H groups in total. The lowest BCUT2D eigenvalue weighted by Crippen LogP contribution is -2.55. The Morgan fingerprint density at radius 2 is 1.81 bits per heavy atom. The van der Waals surface area contributed by atoms with Crippen LogP contribution in [0, 0.1) is 6.92 Å². The lowest BCUT2D eigenvalue weighted by Gasteiger charge is -2.39. The second-order valence-corrected chi connectivity index (χ2v) is 9.51. The van der Waals surface area contributed by atoms with E-state index in [1.807, 2.05) is 26.8 Å². The molecule has 0 spiro atoms. The van der Waals surface area contributed by atoms with E-state index in [0.29, 0.717) is 36.0 Å². The lowest BCUT2D eigenvalue weighted by atomic mass is 10.00. The van der Waals surface area contributed by atoms with E-state index < -0.39 is 10.0 Å². The molecule has 0 unspecified atom stereocenters. The number of piperidine rings is 1. The van der Waals surface area contributed by atoms with Crippen LogP contribution in [0.3, 0.4) is 0 Å². The van der Waals surface area contributed by atoms with Crippen LogP contribution >= 0.6 is 12.2 Å². The van der Waals surface area contributed by atoms with E-state index in [2.05, 4.69) is 29.6 Å². The number of rotatable bonds is 6. The van der Waals surface area contributed by atoms with Crippen molar-refractivity contribution in [3.8, 4) is 0 Å². The Morgan fingerprint density at radius 3 is 2.37 bits per heavy atom. The molecule has 1 heterocycles. The van der Waals surface area contributed by atoms with E-state index in [4.69, 9.17) is 12.2 Å². The topological polar surface area (TPSA) is 64.7 Å². The normalized spacial score (nSPS) is 21.3. The molecule has 1 aliphatic heterocycles.